The van der Waals surface area contributed by atoms with E-state index in [2.05, 4.69) is 11.6 Å². The third-order valence-corrected chi connectivity index (χ3v) is 3.77. The van der Waals surface area contributed by atoms with Crippen molar-refractivity contribution in [2.24, 2.45) is 0 Å². The number of piperidine rings is 1. The Kier molecular flexibility index (Phi) is 4.72. The summed E-state index contributed by atoms with van der Waals surface area (Å²) in [6.07, 6.45) is 3.63. The molecule has 1 aliphatic rings. The summed E-state index contributed by atoms with van der Waals surface area (Å²) in [6, 6.07) is 4.43. The molecule has 2 heterocycles. The predicted molar refractivity (Wildman–Crippen MR) is 73.4 cm³/mol. The second kappa shape index (κ2) is 6.29. The van der Waals surface area contributed by atoms with Crippen LogP contribution in [0.2, 0.25) is 0 Å². The van der Waals surface area contributed by atoms with E-state index in [1.165, 1.54) is 0 Å². The van der Waals surface area contributed by atoms with E-state index in [0.717, 1.165) is 36.8 Å². The molecule has 1 aromatic heterocycles. The van der Waals surface area contributed by atoms with Crippen LogP contribution in [0.3, 0.4) is 0 Å². The van der Waals surface area contributed by atoms with Crippen LogP contribution in [0, 0.1) is 0 Å². The molecule has 2 rings (SSSR count). The summed E-state index contributed by atoms with van der Waals surface area (Å²) >= 11 is 1.76. The van der Waals surface area contributed by atoms with Crippen LogP contribution in [0.15, 0.2) is 16.5 Å². The fourth-order valence-corrected chi connectivity index (χ4v) is 2.60. The number of amides is 1. The summed E-state index contributed by atoms with van der Waals surface area (Å²) in [7, 11) is 1.86. The van der Waals surface area contributed by atoms with E-state index < -0.39 is 0 Å². The molecule has 100 valence electrons. The van der Waals surface area contributed by atoms with Crippen molar-refractivity contribution in [1.29, 1.82) is 0 Å². The fraction of sp³-hybridized carbons (Fsp3) is 0.615. The van der Waals surface area contributed by atoms with Crippen LogP contribution in [0.1, 0.15) is 24.4 Å². The first kappa shape index (κ1) is 13.5. The standard InChI is InChI=1S/C13H20N2O2S/c1-15-8-10(3-6-13(15)16)14-7-11-4-5-12(17-11)9-18-2/h4-5,10,14H,3,6-9H2,1-2H3. The largest absolute Gasteiger partial charge is 0.464 e. The fourth-order valence-electron chi connectivity index (χ4n) is 2.16. The zero-order chi connectivity index (χ0) is 13.0. The van der Waals surface area contributed by atoms with Crippen LogP contribution in [0.4, 0.5) is 0 Å². The monoisotopic (exact) mass is 268 g/mol. The van der Waals surface area contributed by atoms with Crippen molar-refractivity contribution in [3.8, 4) is 0 Å². The number of carbonyl (C=O) groups excluding carboxylic acids is 1. The van der Waals surface area contributed by atoms with Crippen LogP contribution < -0.4 is 5.32 Å². The number of hydrogen-bond acceptors (Lipinski definition) is 4. The van der Waals surface area contributed by atoms with Crippen LogP contribution >= 0.6 is 11.8 Å². The maximum Gasteiger partial charge on any atom is 0.222 e. The van der Waals surface area contributed by atoms with Crippen molar-refractivity contribution in [3.05, 3.63) is 23.7 Å². The molecule has 0 saturated carbocycles. The summed E-state index contributed by atoms with van der Waals surface area (Å²) in [5.41, 5.74) is 0. The first-order valence-electron chi connectivity index (χ1n) is 6.23. The number of likely N-dealkylation sites (tertiary alicyclic amines) is 1. The highest BCUT2D eigenvalue weighted by molar-refractivity contribution is 7.97. The lowest BCUT2D eigenvalue weighted by Crippen LogP contribution is -2.46. The highest BCUT2D eigenvalue weighted by atomic mass is 32.2. The molecule has 0 aromatic carbocycles. The molecule has 0 spiro atoms. The van der Waals surface area contributed by atoms with E-state index in [9.17, 15) is 4.79 Å². The van der Waals surface area contributed by atoms with Gasteiger partial charge in [-0.2, -0.15) is 11.8 Å². The van der Waals surface area contributed by atoms with Crippen LogP contribution in [0.25, 0.3) is 0 Å². The zero-order valence-electron chi connectivity index (χ0n) is 10.9. The van der Waals surface area contributed by atoms with Gasteiger partial charge in [0.15, 0.2) is 0 Å². The molecule has 1 aromatic rings. The third-order valence-electron chi connectivity index (χ3n) is 3.20. The van der Waals surface area contributed by atoms with Crippen molar-refractivity contribution in [3.63, 3.8) is 0 Å². The molecule has 1 saturated heterocycles. The van der Waals surface area contributed by atoms with Gasteiger partial charge in [-0.1, -0.05) is 0 Å². The predicted octanol–water partition coefficient (Wildman–Crippen LogP) is 1.85. The average Bonchev–Trinajstić information content (AvgIpc) is 2.79. The van der Waals surface area contributed by atoms with Crippen molar-refractivity contribution in [2.75, 3.05) is 19.8 Å². The normalized spacial score (nSPS) is 20.4. The Morgan fingerprint density at radius 3 is 3.00 bits per heavy atom. The van der Waals surface area contributed by atoms with Crippen LogP contribution in [-0.2, 0) is 17.1 Å². The summed E-state index contributed by atoms with van der Waals surface area (Å²) in [5.74, 6) is 3.16. The Hall–Kier alpha value is -0.940. The lowest BCUT2D eigenvalue weighted by molar-refractivity contribution is -0.132. The topological polar surface area (TPSA) is 45.5 Å². The Morgan fingerprint density at radius 1 is 1.50 bits per heavy atom. The number of nitrogens with zero attached hydrogens (tertiary/aromatic N) is 1. The van der Waals surface area contributed by atoms with E-state index in [1.54, 1.807) is 16.7 Å². The number of thioether (sulfide) groups is 1. The van der Waals surface area contributed by atoms with Gasteiger partial charge in [0.25, 0.3) is 0 Å². The van der Waals surface area contributed by atoms with Gasteiger partial charge in [0.2, 0.25) is 5.91 Å². The molecule has 0 aliphatic carbocycles. The lowest BCUT2D eigenvalue weighted by atomic mass is 10.1. The van der Waals surface area contributed by atoms with Crippen molar-refractivity contribution in [1.82, 2.24) is 10.2 Å². The molecule has 1 N–H and O–H groups in total. The number of furan rings is 1. The van der Waals surface area contributed by atoms with Gasteiger partial charge >= 0.3 is 0 Å². The second-order valence-electron chi connectivity index (χ2n) is 4.69. The Balaban J connectivity index is 1.78. The first-order chi connectivity index (χ1) is 8.69. The van der Waals surface area contributed by atoms with Gasteiger partial charge < -0.3 is 14.6 Å². The lowest BCUT2D eigenvalue weighted by Gasteiger charge is -2.30. The minimum atomic E-state index is 0.244. The van der Waals surface area contributed by atoms with Gasteiger partial charge in [0, 0.05) is 26.1 Å². The van der Waals surface area contributed by atoms with Gasteiger partial charge in [-0.05, 0) is 24.8 Å². The minimum absolute atomic E-state index is 0.244. The smallest absolute Gasteiger partial charge is 0.222 e. The molecule has 4 nitrogen and oxygen atoms in total. The summed E-state index contributed by atoms with van der Waals surface area (Å²) < 4.78 is 5.70. The van der Waals surface area contributed by atoms with Gasteiger partial charge in [-0.3, -0.25) is 4.79 Å². The highest BCUT2D eigenvalue weighted by Crippen LogP contribution is 2.14. The average molecular weight is 268 g/mol. The van der Waals surface area contributed by atoms with Crippen LogP contribution in [-0.4, -0.2) is 36.7 Å². The molecule has 1 fully saturated rings. The summed E-state index contributed by atoms with van der Waals surface area (Å²) in [6.45, 7) is 1.53. The highest BCUT2D eigenvalue weighted by Gasteiger charge is 2.22. The van der Waals surface area contributed by atoms with E-state index >= 15 is 0 Å². The molecular formula is C13H20N2O2S. The van der Waals surface area contributed by atoms with Crippen molar-refractivity contribution >= 4 is 17.7 Å². The Bertz CT molecular complexity index is 405. The molecule has 18 heavy (non-hydrogen) atoms. The zero-order valence-corrected chi connectivity index (χ0v) is 11.8. The SMILES string of the molecule is CSCc1ccc(CNC2CCC(=O)N(C)C2)o1. The van der Waals surface area contributed by atoms with Gasteiger partial charge in [0.1, 0.15) is 11.5 Å². The quantitative estimate of drug-likeness (QED) is 0.885. The van der Waals surface area contributed by atoms with Gasteiger partial charge in [0.05, 0.1) is 12.3 Å². The number of likely N-dealkylation sites (N-methyl/N-ethyl adjacent to an activating group) is 1. The molecule has 1 atom stereocenters. The molecule has 1 aliphatic heterocycles. The first-order valence-corrected chi connectivity index (χ1v) is 7.62. The maximum absolute atomic E-state index is 11.4. The Labute approximate surface area is 112 Å². The molecule has 0 bridgehead atoms. The van der Waals surface area contributed by atoms with E-state index in [-0.39, 0.29) is 5.91 Å². The minimum Gasteiger partial charge on any atom is -0.464 e. The van der Waals surface area contributed by atoms with E-state index in [1.807, 2.05) is 19.2 Å². The summed E-state index contributed by atoms with van der Waals surface area (Å²) in [5, 5.41) is 3.45. The van der Waals surface area contributed by atoms with E-state index in [0.29, 0.717) is 12.5 Å². The number of rotatable bonds is 5. The molecular weight excluding hydrogens is 248 g/mol. The Morgan fingerprint density at radius 2 is 2.28 bits per heavy atom. The molecule has 1 unspecified atom stereocenters. The van der Waals surface area contributed by atoms with E-state index in [4.69, 9.17) is 4.42 Å². The third kappa shape index (κ3) is 3.53. The number of carbonyl (C=O) groups is 1. The number of nitrogens with one attached hydrogen (secondary N) is 1. The second-order valence-corrected chi connectivity index (χ2v) is 5.56. The molecule has 1 amide bonds. The van der Waals surface area contributed by atoms with Crippen molar-refractivity contribution < 1.29 is 9.21 Å². The van der Waals surface area contributed by atoms with Gasteiger partial charge in [-0.15, -0.1) is 0 Å². The molecule has 0 radical (unpaired) electrons. The maximum atomic E-state index is 11.4. The molecule has 5 heteroatoms. The summed E-state index contributed by atoms with van der Waals surface area (Å²) in [4.78, 5) is 13.2. The van der Waals surface area contributed by atoms with Crippen molar-refractivity contribution in [2.45, 2.75) is 31.2 Å². The number of hydrogen-bond donors (Lipinski definition) is 1. The van der Waals surface area contributed by atoms with Crippen LogP contribution in [0.5, 0.6) is 0 Å². The van der Waals surface area contributed by atoms with Gasteiger partial charge in [-0.25, -0.2) is 0 Å².